The lowest BCUT2D eigenvalue weighted by Crippen LogP contribution is -2.19. The number of H-pyrrole nitrogens is 1. The number of hydrogen-bond acceptors (Lipinski definition) is 2. The number of hydrogen-bond donors (Lipinski definition) is 2. The van der Waals surface area contributed by atoms with Crippen LogP contribution in [-0.4, -0.2) is 30.0 Å². The minimum Gasteiger partial charge on any atom is -0.367 e. The van der Waals surface area contributed by atoms with E-state index in [2.05, 4.69) is 23.0 Å². The minimum absolute atomic E-state index is 0.804. The van der Waals surface area contributed by atoms with Crippen LogP contribution in [0.15, 0.2) is 18.5 Å². The summed E-state index contributed by atoms with van der Waals surface area (Å²) in [7, 11) is 2.14. The van der Waals surface area contributed by atoms with Crippen molar-refractivity contribution < 1.29 is 0 Å². The van der Waals surface area contributed by atoms with Crippen molar-refractivity contribution in [1.82, 2.24) is 9.88 Å². The Morgan fingerprint density at radius 1 is 1.46 bits per heavy atom. The first-order chi connectivity index (χ1) is 6.33. The third-order valence-electron chi connectivity index (χ3n) is 2.11. The summed E-state index contributed by atoms with van der Waals surface area (Å²) in [4.78, 5) is 5.37. The van der Waals surface area contributed by atoms with Crippen molar-refractivity contribution in [2.75, 3.05) is 20.1 Å². The SMILES string of the molecule is CN(CCCCN)Cc1cc[nH]c1. The van der Waals surface area contributed by atoms with Crippen LogP contribution in [0.5, 0.6) is 0 Å². The standard InChI is InChI=1S/C10H19N3/c1-13(7-3-2-5-11)9-10-4-6-12-8-10/h4,6,8,12H,2-3,5,7,9,11H2,1H3. The molecule has 3 heteroatoms. The third-order valence-corrected chi connectivity index (χ3v) is 2.11. The van der Waals surface area contributed by atoms with Crippen LogP contribution in [0.2, 0.25) is 0 Å². The van der Waals surface area contributed by atoms with Crippen molar-refractivity contribution in [1.29, 1.82) is 0 Å². The number of aromatic nitrogens is 1. The predicted octanol–water partition coefficient (Wildman–Crippen LogP) is 1.19. The molecular formula is C10H19N3. The summed E-state index contributed by atoms with van der Waals surface area (Å²) in [5, 5.41) is 0. The van der Waals surface area contributed by atoms with Crippen molar-refractivity contribution >= 4 is 0 Å². The molecule has 0 saturated carbocycles. The van der Waals surface area contributed by atoms with Gasteiger partial charge in [-0.05, 0) is 44.6 Å². The number of rotatable bonds is 6. The fourth-order valence-electron chi connectivity index (χ4n) is 1.37. The van der Waals surface area contributed by atoms with Crippen LogP contribution in [-0.2, 0) is 6.54 Å². The number of nitrogens with two attached hydrogens (primary N) is 1. The van der Waals surface area contributed by atoms with Gasteiger partial charge >= 0.3 is 0 Å². The number of nitrogens with zero attached hydrogens (tertiary/aromatic N) is 1. The molecule has 3 nitrogen and oxygen atoms in total. The summed E-state index contributed by atoms with van der Waals surface area (Å²) in [6.07, 6.45) is 6.32. The van der Waals surface area contributed by atoms with Gasteiger partial charge in [-0.3, -0.25) is 0 Å². The first-order valence-electron chi connectivity index (χ1n) is 4.83. The highest BCUT2D eigenvalue weighted by Crippen LogP contribution is 2.02. The van der Waals surface area contributed by atoms with Gasteiger partial charge in [0, 0.05) is 18.9 Å². The van der Waals surface area contributed by atoms with Crippen molar-refractivity contribution in [2.24, 2.45) is 5.73 Å². The molecule has 0 saturated heterocycles. The third kappa shape index (κ3) is 4.10. The molecule has 0 aromatic carbocycles. The van der Waals surface area contributed by atoms with E-state index in [1.165, 1.54) is 12.0 Å². The van der Waals surface area contributed by atoms with Gasteiger partial charge in [0.2, 0.25) is 0 Å². The fourth-order valence-corrected chi connectivity index (χ4v) is 1.37. The van der Waals surface area contributed by atoms with Gasteiger partial charge in [0.05, 0.1) is 0 Å². The fraction of sp³-hybridized carbons (Fsp3) is 0.600. The molecule has 1 rings (SSSR count). The van der Waals surface area contributed by atoms with E-state index in [9.17, 15) is 0 Å². The zero-order valence-electron chi connectivity index (χ0n) is 8.29. The average molecular weight is 181 g/mol. The Hall–Kier alpha value is -0.800. The summed E-state index contributed by atoms with van der Waals surface area (Å²) < 4.78 is 0. The van der Waals surface area contributed by atoms with E-state index in [1.807, 2.05) is 12.4 Å². The first-order valence-corrected chi connectivity index (χ1v) is 4.83. The maximum atomic E-state index is 5.43. The van der Waals surface area contributed by atoms with E-state index in [1.54, 1.807) is 0 Å². The Balaban J connectivity index is 2.14. The van der Waals surface area contributed by atoms with E-state index >= 15 is 0 Å². The molecule has 0 aliphatic rings. The molecule has 0 unspecified atom stereocenters. The van der Waals surface area contributed by atoms with Crippen LogP contribution < -0.4 is 5.73 Å². The Kier molecular flexibility index (Phi) is 4.57. The second-order valence-corrected chi connectivity index (χ2v) is 3.45. The Labute approximate surface area is 79.9 Å². The normalized spacial score (nSPS) is 11.0. The van der Waals surface area contributed by atoms with Gasteiger partial charge < -0.3 is 15.6 Å². The van der Waals surface area contributed by atoms with E-state index in [-0.39, 0.29) is 0 Å². The van der Waals surface area contributed by atoms with Crippen LogP contribution in [0.3, 0.4) is 0 Å². The second-order valence-electron chi connectivity index (χ2n) is 3.45. The zero-order valence-corrected chi connectivity index (χ0v) is 8.29. The predicted molar refractivity (Wildman–Crippen MR) is 55.4 cm³/mol. The minimum atomic E-state index is 0.804. The van der Waals surface area contributed by atoms with Crippen LogP contribution >= 0.6 is 0 Å². The number of aromatic amines is 1. The average Bonchev–Trinajstić information content (AvgIpc) is 2.57. The van der Waals surface area contributed by atoms with Gasteiger partial charge in [0.1, 0.15) is 0 Å². The van der Waals surface area contributed by atoms with Crippen LogP contribution in [0, 0.1) is 0 Å². The van der Waals surface area contributed by atoms with E-state index in [0.717, 1.165) is 26.1 Å². The largest absolute Gasteiger partial charge is 0.367 e. The first kappa shape index (κ1) is 10.3. The Morgan fingerprint density at radius 3 is 2.92 bits per heavy atom. The van der Waals surface area contributed by atoms with Gasteiger partial charge in [-0.25, -0.2) is 0 Å². The zero-order chi connectivity index (χ0) is 9.52. The summed E-state index contributed by atoms with van der Waals surface area (Å²) >= 11 is 0. The van der Waals surface area contributed by atoms with Crippen LogP contribution in [0.4, 0.5) is 0 Å². The van der Waals surface area contributed by atoms with Crippen LogP contribution in [0.25, 0.3) is 0 Å². The Morgan fingerprint density at radius 2 is 2.31 bits per heavy atom. The van der Waals surface area contributed by atoms with Gasteiger partial charge in [-0.2, -0.15) is 0 Å². The van der Waals surface area contributed by atoms with Gasteiger partial charge in [0.15, 0.2) is 0 Å². The van der Waals surface area contributed by atoms with Gasteiger partial charge in [-0.1, -0.05) is 0 Å². The smallest absolute Gasteiger partial charge is 0.0245 e. The molecule has 1 aromatic heterocycles. The van der Waals surface area contributed by atoms with Crippen molar-refractivity contribution in [3.8, 4) is 0 Å². The van der Waals surface area contributed by atoms with Crippen LogP contribution in [0.1, 0.15) is 18.4 Å². The molecular weight excluding hydrogens is 162 g/mol. The molecule has 0 aliphatic carbocycles. The Bertz CT molecular complexity index is 206. The van der Waals surface area contributed by atoms with Crippen molar-refractivity contribution in [3.63, 3.8) is 0 Å². The monoisotopic (exact) mass is 181 g/mol. The van der Waals surface area contributed by atoms with Crippen molar-refractivity contribution in [3.05, 3.63) is 24.0 Å². The molecule has 0 fully saturated rings. The molecule has 0 amide bonds. The van der Waals surface area contributed by atoms with E-state index in [4.69, 9.17) is 5.73 Å². The topological polar surface area (TPSA) is 45.0 Å². The number of nitrogens with one attached hydrogen (secondary N) is 1. The van der Waals surface area contributed by atoms with Gasteiger partial charge in [-0.15, -0.1) is 0 Å². The lowest BCUT2D eigenvalue weighted by Gasteiger charge is -2.14. The summed E-state index contributed by atoms with van der Waals surface area (Å²) in [5.41, 5.74) is 6.77. The van der Waals surface area contributed by atoms with E-state index in [0.29, 0.717) is 0 Å². The van der Waals surface area contributed by atoms with E-state index < -0.39 is 0 Å². The molecule has 13 heavy (non-hydrogen) atoms. The highest BCUT2D eigenvalue weighted by Gasteiger charge is 1.99. The lowest BCUT2D eigenvalue weighted by atomic mass is 10.2. The summed E-state index contributed by atoms with van der Waals surface area (Å²) in [6.45, 7) is 2.95. The molecule has 3 N–H and O–H groups in total. The number of unbranched alkanes of at least 4 members (excludes halogenated alkanes) is 1. The molecule has 0 spiro atoms. The maximum absolute atomic E-state index is 5.43. The highest BCUT2D eigenvalue weighted by molar-refractivity contribution is 5.07. The highest BCUT2D eigenvalue weighted by atomic mass is 15.1. The molecule has 0 aliphatic heterocycles. The molecule has 0 atom stereocenters. The van der Waals surface area contributed by atoms with Crippen molar-refractivity contribution in [2.45, 2.75) is 19.4 Å². The molecule has 0 radical (unpaired) electrons. The quantitative estimate of drug-likeness (QED) is 0.647. The molecule has 74 valence electrons. The summed E-state index contributed by atoms with van der Waals surface area (Å²) in [5.74, 6) is 0. The maximum Gasteiger partial charge on any atom is 0.0245 e. The second kappa shape index (κ2) is 5.78. The molecule has 1 heterocycles. The molecule has 0 bridgehead atoms. The van der Waals surface area contributed by atoms with Gasteiger partial charge in [0.25, 0.3) is 0 Å². The summed E-state index contributed by atoms with van der Waals surface area (Å²) in [6, 6.07) is 2.11. The lowest BCUT2D eigenvalue weighted by molar-refractivity contribution is 0.319. The molecule has 1 aromatic rings.